The lowest BCUT2D eigenvalue weighted by molar-refractivity contribution is 0.574. The number of pyridine rings is 1. The summed E-state index contributed by atoms with van der Waals surface area (Å²) in [6.07, 6.45) is 3.51. The lowest BCUT2D eigenvalue weighted by Gasteiger charge is -2.19. The quantitative estimate of drug-likeness (QED) is 0.937. The van der Waals surface area contributed by atoms with Gasteiger partial charge in [-0.25, -0.2) is 4.39 Å². The van der Waals surface area contributed by atoms with Gasteiger partial charge in [0.05, 0.1) is 6.04 Å². The molecule has 1 aromatic heterocycles. The summed E-state index contributed by atoms with van der Waals surface area (Å²) < 4.78 is 14.8. The van der Waals surface area contributed by atoms with Crippen LogP contribution in [0.1, 0.15) is 22.7 Å². The second kappa shape index (κ2) is 5.59. The van der Waals surface area contributed by atoms with Crippen molar-refractivity contribution in [3.05, 3.63) is 63.6 Å². The van der Waals surface area contributed by atoms with Crippen molar-refractivity contribution in [3.63, 3.8) is 0 Å². The Morgan fingerprint density at radius 1 is 1.28 bits per heavy atom. The summed E-state index contributed by atoms with van der Waals surface area (Å²) in [6, 6.07) is 6.69. The maximum atomic E-state index is 13.9. The first-order chi connectivity index (χ1) is 8.63. The van der Waals surface area contributed by atoms with E-state index < -0.39 is 0 Å². The molecule has 1 aromatic carbocycles. The van der Waals surface area contributed by atoms with Gasteiger partial charge >= 0.3 is 0 Å². The molecule has 0 fully saturated rings. The van der Waals surface area contributed by atoms with Crippen LogP contribution in [-0.2, 0) is 0 Å². The molecule has 0 spiro atoms. The number of hydrogen-bond donors (Lipinski definition) is 1. The SMILES string of the molecule is CNC(c1cnccc1C)c1cc(Br)ccc1F. The van der Waals surface area contributed by atoms with Crippen molar-refractivity contribution in [2.45, 2.75) is 13.0 Å². The monoisotopic (exact) mass is 308 g/mol. The molecule has 0 saturated heterocycles. The molecule has 4 heteroatoms. The van der Waals surface area contributed by atoms with E-state index in [9.17, 15) is 4.39 Å². The van der Waals surface area contributed by atoms with Crippen molar-refractivity contribution in [2.75, 3.05) is 7.05 Å². The topological polar surface area (TPSA) is 24.9 Å². The second-order valence-electron chi connectivity index (χ2n) is 4.12. The normalized spacial score (nSPS) is 12.4. The first-order valence-corrected chi connectivity index (χ1v) is 6.45. The highest BCUT2D eigenvalue weighted by Crippen LogP contribution is 2.28. The molecular formula is C14H14BrFN2. The predicted molar refractivity (Wildman–Crippen MR) is 74.0 cm³/mol. The highest BCUT2D eigenvalue weighted by atomic mass is 79.9. The van der Waals surface area contributed by atoms with Gasteiger partial charge in [-0.3, -0.25) is 4.98 Å². The molecule has 1 atom stereocenters. The van der Waals surface area contributed by atoms with Crippen molar-refractivity contribution < 1.29 is 4.39 Å². The zero-order valence-electron chi connectivity index (χ0n) is 10.2. The first kappa shape index (κ1) is 13.2. The van der Waals surface area contributed by atoms with Crippen molar-refractivity contribution in [1.82, 2.24) is 10.3 Å². The molecule has 2 aromatic rings. The molecule has 2 nitrogen and oxygen atoms in total. The van der Waals surface area contributed by atoms with Crippen LogP contribution in [-0.4, -0.2) is 12.0 Å². The molecule has 0 radical (unpaired) electrons. The van der Waals surface area contributed by atoms with Gasteiger partial charge in [-0.1, -0.05) is 15.9 Å². The lowest BCUT2D eigenvalue weighted by atomic mass is 9.96. The van der Waals surface area contributed by atoms with Gasteiger partial charge in [-0.2, -0.15) is 0 Å². The van der Waals surface area contributed by atoms with Crippen LogP contribution in [0, 0.1) is 12.7 Å². The molecule has 1 heterocycles. The van der Waals surface area contributed by atoms with Crippen LogP contribution >= 0.6 is 15.9 Å². The Morgan fingerprint density at radius 3 is 2.72 bits per heavy atom. The molecule has 0 aliphatic carbocycles. The largest absolute Gasteiger partial charge is 0.309 e. The van der Waals surface area contributed by atoms with Gasteiger partial charge in [0.1, 0.15) is 5.82 Å². The zero-order valence-corrected chi connectivity index (χ0v) is 11.8. The summed E-state index contributed by atoms with van der Waals surface area (Å²) in [5.74, 6) is -0.221. The van der Waals surface area contributed by atoms with Crippen LogP contribution < -0.4 is 5.32 Å². The molecule has 18 heavy (non-hydrogen) atoms. The number of aromatic nitrogens is 1. The number of rotatable bonds is 3. The van der Waals surface area contributed by atoms with Crippen molar-refractivity contribution in [1.29, 1.82) is 0 Å². The third-order valence-electron chi connectivity index (χ3n) is 2.95. The Balaban J connectivity index is 2.52. The number of halogens is 2. The van der Waals surface area contributed by atoms with Crippen molar-refractivity contribution in [3.8, 4) is 0 Å². The van der Waals surface area contributed by atoms with Crippen LogP contribution in [0.4, 0.5) is 4.39 Å². The Morgan fingerprint density at radius 2 is 2.06 bits per heavy atom. The molecule has 0 aliphatic rings. The van der Waals surface area contributed by atoms with Gasteiger partial charge in [-0.15, -0.1) is 0 Å². The minimum Gasteiger partial charge on any atom is -0.309 e. The summed E-state index contributed by atoms with van der Waals surface area (Å²) >= 11 is 3.37. The van der Waals surface area contributed by atoms with E-state index in [2.05, 4.69) is 26.2 Å². The summed E-state index contributed by atoms with van der Waals surface area (Å²) in [5.41, 5.74) is 2.68. The van der Waals surface area contributed by atoms with Gasteiger partial charge in [0.15, 0.2) is 0 Å². The highest BCUT2D eigenvalue weighted by molar-refractivity contribution is 9.10. The highest BCUT2D eigenvalue weighted by Gasteiger charge is 2.18. The van der Waals surface area contributed by atoms with Gasteiger partial charge in [0.2, 0.25) is 0 Å². The van der Waals surface area contributed by atoms with Crippen LogP contribution in [0.5, 0.6) is 0 Å². The predicted octanol–water partition coefficient (Wildman–Crippen LogP) is 3.60. The van der Waals surface area contributed by atoms with Crippen LogP contribution in [0.25, 0.3) is 0 Å². The van der Waals surface area contributed by atoms with E-state index in [0.29, 0.717) is 5.56 Å². The molecule has 0 saturated carbocycles. The number of nitrogens with one attached hydrogen (secondary N) is 1. The Bertz CT molecular complexity index is 557. The van der Waals surface area contributed by atoms with Gasteiger partial charge in [0, 0.05) is 22.4 Å². The number of hydrogen-bond acceptors (Lipinski definition) is 2. The van der Waals surface area contributed by atoms with Gasteiger partial charge < -0.3 is 5.32 Å². The fourth-order valence-electron chi connectivity index (χ4n) is 1.99. The smallest absolute Gasteiger partial charge is 0.128 e. The maximum Gasteiger partial charge on any atom is 0.128 e. The number of benzene rings is 1. The van der Waals surface area contributed by atoms with E-state index in [-0.39, 0.29) is 11.9 Å². The summed E-state index contributed by atoms with van der Waals surface area (Å²) in [6.45, 7) is 2.00. The average molecular weight is 309 g/mol. The minimum atomic E-state index is -0.221. The Labute approximate surface area is 114 Å². The first-order valence-electron chi connectivity index (χ1n) is 5.66. The van der Waals surface area contributed by atoms with Crippen LogP contribution in [0.3, 0.4) is 0 Å². The second-order valence-corrected chi connectivity index (χ2v) is 5.04. The molecule has 0 bridgehead atoms. The Kier molecular flexibility index (Phi) is 4.09. The number of nitrogens with zero attached hydrogens (tertiary/aromatic N) is 1. The fourth-order valence-corrected chi connectivity index (χ4v) is 2.37. The molecule has 2 rings (SSSR count). The van der Waals surface area contributed by atoms with E-state index in [0.717, 1.165) is 15.6 Å². The average Bonchev–Trinajstić information content (AvgIpc) is 2.36. The van der Waals surface area contributed by atoms with E-state index >= 15 is 0 Å². The lowest BCUT2D eigenvalue weighted by Crippen LogP contribution is -2.20. The van der Waals surface area contributed by atoms with Crippen LogP contribution in [0.15, 0.2) is 41.1 Å². The van der Waals surface area contributed by atoms with E-state index in [1.807, 2.05) is 20.0 Å². The molecule has 0 amide bonds. The van der Waals surface area contributed by atoms with Crippen molar-refractivity contribution >= 4 is 15.9 Å². The summed E-state index contributed by atoms with van der Waals surface area (Å²) in [5, 5.41) is 3.14. The third-order valence-corrected chi connectivity index (χ3v) is 3.44. The van der Waals surface area contributed by atoms with E-state index in [1.54, 1.807) is 24.5 Å². The summed E-state index contributed by atoms with van der Waals surface area (Å²) in [7, 11) is 1.82. The molecule has 1 N–H and O–H groups in total. The summed E-state index contributed by atoms with van der Waals surface area (Å²) in [4.78, 5) is 4.12. The molecular weight excluding hydrogens is 295 g/mol. The Hall–Kier alpha value is -1.26. The third kappa shape index (κ3) is 2.60. The molecule has 0 aliphatic heterocycles. The minimum absolute atomic E-state index is 0.198. The van der Waals surface area contributed by atoms with E-state index in [4.69, 9.17) is 0 Å². The molecule has 94 valence electrons. The molecule has 1 unspecified atom stereocenters. The van der Waals surface area contributed by atoms with Gasteiger partial charge in [0.25, 0.3) is 0 Å². The van der Waals surface area contributed by atoms with E-state index in [1.165, 1.54) is 6.07 Å². The zero-order chi connectivity index (χ0) is 13.1. The standard InChI is InChI=1S/C14H14BrFN2/c1-9-5-6-18-8-12(9)14(17-2)11-7-10(15)3-4-13(11)16/h3-8,14,17H,1-2H3. The maximum absolute atomic E-state index is 13.9. The van der Waals surface area contributed by atoms with Crippen LogP contribution in [0.2, 0.25) is 0 Å². The van der Waals surface area contributed by atoms with Crippen molar-refractivity contribution in [2.24, 2.45) is 0 Å². The fraction of sp³-hybridized carbons (Fsp3) is 0.214. The number of aryl methyl sites for hydroxylation is 1. The van der Waals surface area contributed by atoms with Gasteiger partial charge in [-0.05, 0) is 49.4 Å².